The van der Waals surface area contributed by atoms with Gasteiger partial charge < -0.3 is 15.6 Å². The largest absolute Gasteiger partial charge is 0.359 e. The second-order valence-electron chi connectivity index (χ2n) is 7.89. The molecule has 0 atom stereocenters. The number of aromatic amines is 1. The van der Waals surface area contributed by atoms with E-state index < -0.39 is 10.9 Å². The van der Waals surface area contributed by atoms with Gasteiger partial charge in [-0.25, -0.2) is 4.98 Å². The first-order valence-electron chi connectivity index (χ1n) is 9.95. The Morgan fingerprint density at radius 1 is 0.897 bits per heavy atom. The first-order valence-corrected chi connectivity index (χ1v) is 9.95. The van der Waals surface area contributed by atoms with Crippen LogP contribution in [0.1, 0.15) is 35.1 Å². The standard InChI is InChI=1S/C23H22N4O2/c1-12-7-16-17(8-13(12)2)24-11-18(16)26-20-21(23(29)22(20)28)27-19-9-14-5-3-4-6-15(14)10-25-19/h7-11,24,26H,3-6H2,1-2H3,(H,25,27). The maximum Gasteiger partial charge on any atom is 0.253 e. The topological polar surface area (TPSA) is 86.9 Å². The Morgan fingerprint density at radius 2 is 1.59 bits per heavy atom. The zero-order valence-electron chi connectivity index (χ0n) is 16.5. The van der Waals surface area contributed by atoms with Crippen LogP contribution in [0.3, 0.4) is 0 Å². The van der Waals surface area contributed by atoms with Gasteiger partial charge in [-0.3, -0.25) is 9.59 Å². The number of aryl methyl sites for hydroxylation is 4. The van der Waals surface area contributed by atoms with Crippen molar-refractivity contribution in [1.82, 2.24) is 9.97 Å². The number of anilines is 4. The van der Waals surface area contributed by atoms with Crippen LogP contribution in [0.25, 0.3) is 10.9 Å². The molecule has 5 rings (SSSR count). The van der Waals surface area contributed by atoms with Crippen molar-refractivity contribution in [3.8, 4) is 0 Å². The van der Waals surface area contributed by atoms with Crippen molar-refractivity contribution in [2.45, 2.75) is 39.5 Å². The number of pyridine rings is 1. The van der Waals surface area contributed by atoms with Gasteiger partial charge in [-0.1, -0.05) is 0 Å². The molecule has 0 unspecified atom stereocenters. The van der Waals surface area contributed by atoms with Crippen molar-refractivity contribution in [3.63, 3.8) is 0 Å². The van der Waals surface area contributed by atoms with E-state index in [0.29, 0.717) is 5.82 Å². The first-order chi connectivity index (χ1) is 14.0. The molecular formula is C23H22N4O2. The average molecular weight is 386 g/mol. The number of aromatic nitrogens is 2. The summed E-state index contributed by atoms with van der Waals surface area (Å²) in [7, 11) is 0. The number of fused-ring (bicyclic) bond motifs is 2. The molecule has 0 amide bonds. The lowest BCUT2D eigenvalue weighted by Crippen LogP contribution is -2.36. The summed E-state index contributed by atoms with van der Waals surface area (Å²) in [6.45, 7) is 4.12. The summed E-state index contributed by atoms with van der Waals surface area (Å²) < 4.78 is 0. The molecule has 0 saturated heterocycles. The fraction of sp³-hybridized carbons (Fsp3) is 0.261. The lowest BCUT2D eigenvalue weighted by atomic mass is 9.93. The van der Waals surface area contributed by atoms with Crippen LogP contribution in [0.2, 0.25) is 0 Å². The molecule has 0 radical (unpaired) electrons. The van der Waals surface area contributed by atoms with Gasteiger partial charge in [0.1, 0.15) is 17.2 Å². The van der Waals surface area contributed by atoms with Crippen molar-refractivity contribution in [2.24, 2.45) is 0 Å². The summed E-state index contributed by atoms with van der Waals surface area (Å²) in [5.41, 5.74) is 6.20. The van der Waals surface area contributed by atoms with E-state index in [-0.39, 0.29) is 11.4 Å². The number of hydrogen-bond donors (Lipinski definition) is 3. The summed E-state index contributed by atoms with van der Waals surface area (Å²) in [6.07, 6.45) is 8.13. The molecule has 1 aliphatic carbocycles. The quantitative estimate of drug-likeness (QED) is 0.459. The molecular weight excluding hydrogens is 364 g/mol. The van der Waals surface area contributed by atoms with Gasteiger partial charge in [-0.15, -0.1) is 0 Å². The normalized spacial score (nSPS) is 13.6. The van der Waals surface area contributed by atoms with E-state index in [1.165, 1.54) is 35.1 Å². The molecule has 4 aromatic rings. The Bertz CT molecular complexity index is 1330. The number of benzene rings is 1. The molecule has 0 bridgehead atoms. The Hall–Kier alpha value is -3.41. The highest BCUT2D eigenvalue weighted by Gasteiger charge is 2.23. The zero-order valence-corrected chi connectivity index (χ0v) is 16.5. The fourth-order valence-electron chi connectivity index (χ4n) is 4.06. The van der Waals surface area contributed by atoms with Crippen molar-refractivity contribution in [1.29, 1.82) is 0 Å². The number of hydrogen-bond acceptors (Lipinski definition) is 5. The van der Waals surface area contributed by atoms with Crippen molar-refractivity contribution >= 4 is 33.8 Å². The maximum atomic E-state index is 12.2. The van der Waals surface area contributed by atoms with E-state index in [1.807, 2.05) is 18.5 Å². The lowest BCUT2D eigenvalue weighted by molar-refractivity contribution is 0.682. The number of H-pyrrole nitrogens is 1. The Balaban J connectivity index is 1.46. The minimum Gasteiger partial charge on any atom is -0.359 e. The van der Waals surface area contributed by atoms with Crippen molar-refractivity contribution in [3.05, 3.63) is 73.3 Å². The molecule has 146 valence electrons. The maximum absolute atomic E-state index is 12.2. The van der Waals surface area contributed by atoms with Gasteiger partial charge in [0.2, 0.25) is 0 Å². The SMILES string of the molecule is Cc1cc2[nH]cc(Nc3c(Nc4cc5c(cn4)CCCC5)c(=O)c3=O)c2cc1C. The predicted octanol–water partition coefficient (Wildman–Crippen LogP) is 4.14. The summed E-state index contributed by atoms with van der Waals surface area (Å²) in [5, 5.41) is 7.20. The van der Waals surface area contributed by atoms with Gasteiger partial charge in [-0.05, 0) is 80.0 Å². The predicted molar refractivity (Wildman–Crippen MR) is 117 cm³/mol. The van der Waals surface area contributed by atoms with Crippen LogP contribution in [0.5, 0.6) is 0 Å². The summed E-state index contributed by atoms with van der Waals surface area (Å²) in [4.78, 5) is 32.1. The second-order valence-corrected chi connectivity index (χ2v) is 7.89. The monoisotopic (exact) mass is 386 g/mol. The number of nitrogens with zero attached hydrogens (tertiary/aromatic N) is 1. The van der Waals surface area contributed by atoms with Crippen LogP contribution in [-0.2, 0) is 12.8 Å². The van der Waals surface area contributed by atoms with E-state index in [1.54, 1.807) is 0 Å². The zero-order chi connectivity index (χ0) is 20.1. The van der Waals surface area contributed by atoms with Crippen LogP contribution < -0.4 is 21.5 Å². The molecule has 29 heavy (non-hydrogen) atoms. The van der Waals surface area contributed by atoms with E-state index in [0.717, 1.165) is 29.4 Å². The highest BCUT2D eigenvalue weighted by molar-refractivity contribution is 5.97. The summed E-state index contributed by atoms with van der Waals surface area (Å²) >= 11 is 0. The van der Waals surface area contributed by atoms with Crippen LogP contribution in [0, 0.1) is 13.8 Å². The summed E-state index contributed by atoms with van der Waals surface area (Å²) in [6, 6.07) is 6.15. The van der Waals surface area contributed by atoms with Crippen LogP contribution in [0.4, 0.5) is 22.9 Å². The Morgan fingerprint density at radius 3 is 2.38 bits per heavy atom. The molecule has 6 nitrogen and oxygen atoms in total. The Kier molecular flexibility index (Phi) is 4.01. The van der Waals surface area contributed by atoms with Crippen LogP contribution in [0.15, 0.2) is 40.2 Å². The molecule has 3 N–H and O–H groups in total. The van der Waals surface area contributed by atoms with E-state index in [9.17, 15) is 9.59 Å². The van der Waals surface area contributed by atoms with E-state index in [2.05, 4.69) is 46.6 Å². The molecule has 0 aliphatic heterocycles. The molecule has 0 spiro atoms. The third-order valence-corrected chi connectivity index (χ3v) is 5.94. The molecule has 0 fully saturated rings. The minimum atomic E-state index is -0.515. The van der Waals surface area contributed by atoms with Crippen molar-refractivity contribution in [2.75, 3.05) is 10.6 Å². The fourth-order valence-corrected chi connectivity index (χ4v) is 4.06. The van der Waals surface area contributed by atoms with E-state index in [4.69, 9.17) is 0 Å². The molecule has 2 heterocycles. The van der Waals surface area contributed by atoms with Gasteiger partial charge in [0.05, 0.1) is 5.69 Å². The molecule has 6 heteroatoms. The lowest BCUT2D eigenvalue weighted by Gasteiger charge is -2.18. The minimum absolute atomic E-state index is 0.274. The number of rotatable bonds is 4. The molecule has 2 aromatic carbocycles. The molecule has 2 aromatic heterocycles. The smallest absolute Gasteiger partial charge is 0.253 e. The van der Waals surface area contributed by atoms with E-state index >= 15 is 0 Å². The van der Waals surface area contributed by atoms with Gasteiger partial charge in [-0.2, -0.15) is 0 Å². The number of nitrogens with one attached hydrogen (secondary N) is 3. The first kappa shape index (κ1) is 17.7. The van der Waals surface area contributed by atoms with Gasteiger partial charge >= 0.3 is 0 Å². The third kappa shape index (κ3) is 2.92. The molecule has 0 saturated carbocycles. The van der Waals surface area contributed by atoms with Gasteiger partial charge in [0.15, 0.2) is 0 Å². The van der Waals surface area contributed by atoms with Gasteiger partial charge in [0.25, 0.3) is 10.9 Å². The highest BCUT2D eigenvalue weighted by atomic mass is 16.2. The third-order valence-electron chi connectivity index (χ3n) is 5.94. The van der Waals surface area contributed by atoms with Crippen LogP contribution in [-0.4, -0.2) is 9.97 Å². The Labute approximate surface area is 167 Å². The average Bonchev–Trinajstić information content (AvgIpc) is 3.12. The van der Waals surface area contributed by atoms with Crippen LogP contribution >= 0.6 is 0 Å². The highest BCUT2D eigenvalue weighted by Crippen LogP contribution is 2.31. The van der Waals surface area contributed by atoms with Crippen molar-refractivity contribution < 1.29 is 0 Å². The molecule has 1 aliphatic rings. The second kappa shape index (κ2) is 6.58. The summed E-state index contributed by atoms with van der Waals surface area (Å²) in [5.74, 6) is 0.603. The van der Waals surface area contributed by atoms with Gasteiger partial charge in [0, 0.05) is 23.3 Å².